The van der Waals surface area contributed by atoms with Crippen LogP contribution in [0.2, 0.25) is 0 Å². The van der Waals surface area contributed by atoms with Gasteiger partial charge in [0.05, 0.1) is 23.5 Å². The maximum absolute atomic E-state index is 11.1. The van der Waals surface area contributed by atoms with Gasteiger partial charge < -0.3 is 20.5 Å². The SMILES string of the molecule is CCOCCN(C)c1c(N)cccc1C(=O)O. The third kappa shape index (κ3) is 3.35. The summed E-state index contributed by atoms with van der Waals surface area (Å²) in [5.41, 5.74) is 7.03. The van der Waals surface area contributed by atoms with Crippen molar-refractivity contribution in [3.63, 3.8) is 0 Å². The highest BCUT2D eigenvalue weighted by molar-refractivity contribution is 5.97. The number of ether oxygens (including phenoxy) is 1. The van der Waals surface area contributed by atoms with Gasteiger partial charge in [-0.2, -0.15) is 0 Å². The zero-order valence-corrected chi connectivity index (χ0v) is 10.1. The summed E-state index contributed by atoms with van der Waals surface area (Å²) in [7, 11) is 1.80. The van der Waals surface area contributed by atoms with Gasteiger partial charge in [-0.15, -0.1) is 0 Å². The highest BCUT2D eigenvalue weighted by atomic mass is 16.5. The van der Waals surface area contributed by atoms with Crippen LogP contribution in [-0.4, -0.2) is 37.9 Å². The second kappa shape index (κ2) is 6.10. The quantitative estimate of drug-likeness (QED) is 0.579. The highest BCUT2D eigenvalue weighted by Crippen LogP contribution is 2.26. The molecule has 0 amide bonds. The van der Waals surface area contributed by atoms with Gasteiger partial charge in [0.2, 0.25) is 0 Å². The Labute approximate surface area is 101 Å². The molecule has 17 heavy (non-hydrogen) atoms. The van der Waals surface area contributed by atoms with Crippen LogP contribution in [0.25, 0.3) is 0 Å². The molecule has 0 saturated heterocycles. The van der Waals surface area contributed by atoms with E-state index in [-0.39, 0.29) is 5.56 Å². The van der Waals surface area contributed by atoms with Crippen LogP contribution in [-0.2, 0) is 4.74 Å². The molecule has 0 aliphatic carbocycles. The zero-order valence-electron chi connectivity index (χ0n) is 10.1. The Bertz CT molecular complexity index is 393. The molecule has 0 fully saturated rings. The number of hydrogen-bond acceptors (Lipinski definition) is 4. The molecule has 5 nitrogen and oxygen atoms in total. The van der Waals surface area contributed by atoms with E-state index in [0.717, 1.165) is 0 Å². The van der Waals surface area contributed by atoms with Crippen LogP contribution in [0.3, 0.4) is 0 Å². The Kier molecular flexibility index (Phi) is 4.78. The lowest BCUT2D eigenvalue weighted by atomic mass is 10.1. The molecule has 3 N–H and O–H groups in total. The van der Waals surface area contributed by atoms with Gasteiger partial charge in [0.25, 0.3) is 0 Å². The van der Waals surface area contributed by atoms with Crippen LogP contribution in [0, 0.1) is 0 Å². The summed E-state index contributed by atoms with van der Waals surface area (Å²) in [5.74, 6) is -0.976. The van der Waals surface area contributed by atoms with Gasteiger partial charge in [0.15, 0.2) is 0 Å². The van der Waals surface area contributed by atoms with Crippen LogP contribution in [0.4, 0.5) is 11.4 Å². The predicted molar refractivity (Wildman–Crippen MR) is 67.6 cm³/mol. The summed E-state index contributed by atoms with van der Waals surface area (Å²) >= 11 is 0. The molecule has 0 atom stereocenters. The van der Waals surface area contributed by atoms with E-state index in [1.807, 2.05) is 6.92 Å². The maximum Gasteiger partial charge on any atom is 0.337 e. The molecule has 0 radical (unpaired) electrons. The minimum absolute atomic E-state index is 0.212. The molecule has 1 aromatic rings. The van der Waals surface area contributed by atoms with Crippen molar-refractivity contribution >= 4 is 17.3 Å². The molecule has 0 unspecified atom stereocenters. The second-order valence-electron chi connectivity index (χ2n) is 3.67. The summed E-state index contributed by atoms with van der Waals surface area (Å²) < 4.78 is 5.24. The van der Waals surface area contributed by atoms with Crippen LogP contribution < -0.4 is 10.6 Å². The van der Waals surface area contributed by atoms with Gasteiger partial charge in [-0.25, -0.2) is 4.79 Å². The number of hydrogen-bond donors (Lipinski definition) is 2. The number of carboxylic acid groups (broad SMARTS) is 1. The number of benzene rings is 1. The molecule has 0 heterocycles. The normalized spacial score (nSPS) is 10.2. The van der Waals surface area contributed by atoms with E-state index in [1.165, 1.54) is 0 Å². The lowest BCUT2D eigenvalue weighted by molar-refractivity contribution is 0.0697. The summed E-state index contributed by atoms with van der Waals surface area (Å²) in [5, 5.41) is 9.10. The predicted octanol–water partition coefficient (Wildman–Crippen LogP) is 1.44. The number of rotatable bonds is 6. The highest BCUT2D eigenvalue weighted by Gasteiger charge is 2.15. The smallest absolute Gasteiger partial charge is 0.337 e. The topological polar surface area (TPSA) is 75.8 Å². The molecule has 94 valence electrons. The molecule has 0 aliphatic heterocycles. The molecule has 0 saturated carbocycles. The van der Waals surface area contributed by atoms with Crippen molar-refractivity contribution in [3.8, 4) is 0 Å². The van der Waals surface area contributed by atoms with E-state index in [4.69, 9.17) is 15.6 Å². The number of nitrogens with two attached hydrogens (primary N) is 1. The molecule has 5 heteroatoms. The Morgan fingerprint density at radius 1 is 1.53 bits per heavy atom. The van der Waals surface area contributed by atoms with Crippen molar-refractivity contribution in [2.45, 2.75) is 6.92 Å². The monoisotopic (exact) mass is 238 g/mol. The van der Waals surface area contributed by atoms with Gasteiger partial charge in [-0.3, -0.25) is 0 Å². The minimum Gasteiger partial charge on any atom is -0.478 e. The van der Waals surface area contributed by atoms with Gasteiger partial charge in [-0.1, -0.05) is 6.07 Å². The third-order valence-electron chi connectivity index (χ3n) is 2.45. The zero-order chi connectivity index (χ0) is 12.8. The molecular weight excluding hydrogens is 220 g/mol. The number of carboxylic acids is 1. The molecule has 1 aromatic carbocycles. The summed E-state index contributed by atoms with van der Waals surface area (Å²) in [6.45, 7) is 3.70. The Morgan fingerprint density at radius 3 is 2.82 bits per heavy atom. The first-order valence-electron chi connectivity index (χ1n) is 5.48. The first kappa shape index (κ1) is 13.3. The fourth-order valence-corrected chi connectivity index (χ4v) is 1.62. The van der Waals surface area contributed by atoms with Crippen LogP contribution in [0.15, 0.2) is 18.2 Å². The number of carbonyl (C=O) groups is 1. The van der Waals surface area contributed by atoms with Gasteiger partial charge in [0.1, 0.15) is 0 Å². The molecular formula is C12H18N2O3. The van der Waals surface area contributed by atoms with Crippen LogP contribution >= 0.6 is 0 Å². The van der Waals surface area contributed by atoms with E-state index in [1.54, 1.807) is 30.1 Å². The number of nitrogen functional groups attached to an aromatic ring is 1. The number of aromatic carboxylic acids is 1. The number of para-hydroxylation sites is 1. The van der Waals surface area contributed by atoms with Crippen molar-refractivity contribution in [2.75, 3.05) is 37.4 Å². The van der Waals surface area contributed by atoms with Gasteiger partial charge >= 0.3 is 5.97 Å². The number of nitrogens with zero attached hydrogens (tertiary/aromatic N) is 1. The maximum atomic E-state index is 11.1. The molecule has 0 aromatic heterocycles. The first-order chi connectivity index (χ1) is 8.07. The molecule has 1 rings (SSSR count). The Morgan fingerprint density at radius 2 is 2.24 bits per heavy atom. The Hall–Kier alpha value is -1.75. The number of likely N-dealkylation sites (N-methyl/N-ethyl adjacent to an activating group) is 1. The molecule has 0 spiro atoms. The fraction of sp³-hybridized carbons (Fsp3) is 0.417. The first-order valence-corrected chi connectivity index (χ1v) is 5.48. The lowest BCUT2D eigenvalue weighted by Gasteiger charge is -2.22. The molecule has 0 bridgehead atoms. The van der Waals surface area contributed by atoms with Gasteiger partial charge in [0, 0.05) is 20.2 Å². The standard InChI is InChI=1S/C12H18N2O3/c1-3-17-8-7-14(2)11-9(12(15)16)5-4-6-10(11)13/h4-6H,3,7-8,13H2,1-2H3,(H,15,16). The average molecular weight is 238 g/mol. The second-order valence-corrected chi connectivity index (χ2v) is 3.67. The van der Waals surface area contributed by atoms with Crippen molar-refractivity contribution in [1.29, 1.82) is 0 Å². The van der Waals surface area contributed by atoms with E-state index >= 15 is 0 Å². The van der Waals surface area contributed by atoms with Crippen molar-refractivity contribution < 1.29 is 14.6 Å². The van der Waals surface area contributed by atoms with Crippen molar-refractivity contribution in [2.24, 2.45) is 0 Å². The summed E-state index contributed by atoms with van der Waals surface area (Å²) in [6, 6.07) is 4.88. The van der Waals surface area contributed by atoms with Gasteiger partial charge in [-0.05, 0) is 19.1 Å². The third-order valence-corrected chi connectivity index (χ3v) is 2.45. The summed E-state index contributed by atoms with van der Waals surface area (Å²) in [6.07, 6.45) is 0. The largest absolute Gasteiger partial charge is 0.478 e. The fourth-order valence-electron chi connectivity index (χ4n) is 1.62. The van der Waals surface area contributed by atoms with Crippen LogP contribution in [0.1, 0.15) is 17.3 Å². The Balaban J connectivity index is 2.90. The van der Waals surface area contributed by atoms with E-state index in [0.29, 0.717) is 31.1 Å². The van der Waals surface area contributed by atoms with E-state index < -0.39 is 5.97 Å². The van der Waals surface area contributed by atoms with E-state index in [9.17, 15) is 4.79 Å². The average Bonchev–Trinajstić information content (AvgIpc) is 2.28. The minimum atomic E-state index is -0.976. The van der Waals surface area contributed by atoms with Crippen LogP contribution in [0.5, 0.6) is 0 Å². The number of anilines is 2. The van der Waals surface area contributed by atoms with E-state index in [2.05, 4.69) is 0 Å². The summed E-state index contributed by atoms with van der Waals surface area (Å²) in [4.78, 5) is 12.9. The molecule has 0 aliphatic rings. The lowest BCUT2D eigenvalue weighted by Crippen LogP contribution is -2.25. The van der Waals surface area contributed by atoms with Crippen molar-refractivity contribution in [3.05, 3.63) is 23.8 Å². The van der Waals surface area contributed by atoms with Crippen molar-refractivity contribution in [1.82, 2.24) is 0 Å².